The third-order valence-electron chi connectivity index (χ3n) is 4.42. The molecule has 3 heterocycles. The number of benzene rings is 1. The highest BCUT2D eigenvalue weighted by atomic mass is 19.1. The lowest BCUT2D eigenvalue weighted by molar-refractivity contribution is 0.0473. The van der Waals surface area contributed by atoms with Crippen molar-refractivity contribution in [1.82, 2.24) is 19.6 Å². The zero-order valence-electron chi connectivity index (χ0n) is 14.6. The Morgan fingerprint density at radius 3 is 2.96 bits per heavy atom. The topological polar surface area (TPSA) is 102 Å². The van der Waals surface area contributed by atoms with Gasteiger partial charge in [0.05, 0.1) is 12.3 Å². The van der Waals surface area contributed by atoms with Gasteiger partial charge in [0.25, 0.3) is 11.3 Å². The van der Waals surface area contributed by atoms with Crippen molar-refractivity contribution in [2.75, 3.05) is 6.61 Å². The third-order valence-corrected chi connectivity index (χ3v) is 4.42. The summed E-state index contributed by atoms with van der Waals surface area (Å²) in [5.41, 5.74) is 1.16. The Morgan fingerprint density at radius 1 is 1.37 bits per heavy atom. The van der Waals surface area contributed by atoms with Crippen LogP contribution >= 0.6 is 0 Å². The number of rotatable bonds is 4. The normalized spacial score (nSPS) is 11.4. The second-order valence-corrected chi connectivity index (χ2v) is 6.06. The lowest BCUT2D eigenvalue weighted by Gasteiger charge is -2.06. The smallest absolute Gasteiger partial charge is 0.374 e. The summed E-state index contributed by atoms with van der Waals surface area (Å²) < 4.78 is 25.6. The second kappa shape index (κ2) is 6.35. The molecule has 0 saturated heterocycles. The number of carbonyl (C=O) groups is 1. The lowest BCUT2D eigenvalue weighted by atomic mass is 10.1. The standard InChI is InChI=1S/C18H15FN4O4/c1-9-11-4-3-5-13(19)15(11)27-14(9)17(25)26-7-6-12-10(2)22-18-20-8-21-23(18)16(12)24/h3-5,8H,6-7H2,1-2H3,(H,20,21,22). The average molecular weight is 370 g/mol. The number of hydrogen-bond donors (Lipinski definition) is 1. The highest BCUT2D eigenvalue weighted by Gasteiger charge is 2.21. The van der Waals surface area contributed by atoms with Crippen LogP contribution in [0.5, 0.6) is 0 Å². The molecule has 0 aliphatic heterocycles. The molecule has 27 heavy (non-hydrogen) atoms. The molecule has 8 nitrogen and oxygen atoms in total. The van der Waals surface area contributed by atoms with E-state index in [1.54, 1.807) is 26.0 Å². The average Bonchev–Trinajstić information content (AvgIpc) is 3.23. The van der Waals surface area contributed by atoms with Crippen LogP contribution < -0.4 is 5.56 Å². The van der Waals surface area contributed by atoms with E-state index < -0.39 is 11.8 Å². The van der Waals surface area contributed by atoms with Crippen LogP contribution in [0.15, 0.2) is 33.7 Å². The molecule has 0 unspecified atom stereocenters. The quantitative estimate of drug-likeness (QED) is 0.553. The monoisotopic (exact) mass is 370 g/mol. The molecule has 1 aromatic carbocycles. The summed E-state index contributed by atoms with van der Waals surface area (Å²) in [6.07, 6.45) is 1.55. The number of hydrogen-bond acceptors (Lipinski definition) is 6. The van der Waals surface area contributed by atoms with Crippen LogP contribution in [-0.4, -0.2) is 32.2 Å². The van der Waals surface area contributed by atoms with Gasteiger partial charge in [0.15, 0.2) is 11.4 Å². The predicted octanol–water partition coefficient (Wildman–Crippen LogP) is 2.32. The van der Waals surface area contributed by atoms with E-state index >= 15 is 0 Å². The molecule has 0 aliphatic carbocycles. The van der Waals surface area contributed by atoms with Gasteiger partial charge in [0.1, 0.15) is 6.33 Å². The molecule has 0 bridgehead atoms. The number of fused-ring (bicyclic) bond motifs is 2. The number of carbonyl (C=O) groups excluding carboxylic acids is 1. The van der Waals surface area contributed by atoms with Gasteiger partial charge in [-0.1, -0.05) is 12.1 Å². The first kappa shape index (κ1) is 17.0. The van der Waals surface area contributed by atoms with Crippen LogP contribution in [0.1, 0.15) is 27.4 Å². The number of nitrogens with one attached hydrogen (secondary N) is 1. The maximum absolute atomic E-state index is 13.8. The van der Waals surface area contributed by atoms with E-state index in [0.717, 1.165) is 0 Å². The fraction of sp³-hybridized carbons (Fsp3) is 0.222. The Morgan fingerprint density at radius 2 is 2.19 bits per heavy atom. The van der Waals surface area contributed by atoms with E-state index in [4.69, 9.17) is 9.15 Å². The number of halogens is 1. The molecule has 9 heteroatoms. The molecule has 4 aromatic rings. The summed E-state index contributed by atoms with van der Waals surface area (Å²) in [5.74, 6) is -1.03. The molecular weight excluding hydrogens is 355 g/mol. The van der Waals surface area contributed by atoms with Crippen molar-refractivity contribution in [2.24, 2.45) is 0 Å². The Kier molecular flexibility index (Phi) is 3.98. The minimum atomic E-state index is -0.712. The van der Waals surface area contributed by atoms with Crippen LogP contribution in [0.4, 0.5) is 4.39 Å². The van der Waals surface area contributed by atoms with Gasteiger partial charge in [0.2, 0.25) is 5.76 Å². The highest BCUT2D eigenvalue weighted by molar-refractivity contribution is 5.96. The molecule has 0 saturated carbocycles. The first-order valence-electron chi connectivity index (χ1n) is 8.23. The zero-order valence-corrected chi connectivity index (χ0v) is 14.6. The molecule has 0 radical (unpaired) electrons. The number of aromatic nitrogens is 4. The van der Waals surface area contributed by atoms with E-state index in [9.17, 15) is 14.0 Å². The Bertz CT molecular complexity index is 1240. The van der Waals surface area contributed by atoms with Crippen LogP contribution in [0, 0.1) is 19.7 Å². The van der Waals surface area contributed by atoms with Gasteiger partial charge in [0, 0.05) is 22.9 Å². The Labute approximate surface area is 151 Å². The van der Waals surface area contributed by atoms with E-state index in [1.165, 1.54) is 16.9 Å². The van der Waals surface area contributed by atoms with Crippen LogP contribution in [-0.2, 0) is 11.2 Å². The minimum Gasteiger partial charge on any atom is -0.459 e. The van der Waals surface area contributed by atoms with Crippen molar-refractivity contribution >= 4 is 22.7 Å². The molecule has 0 atom stereocenters. The van der Waals surface area contributed by atoms with Gasteiger partial charge in [-0.3, -0.25) is 9.89 Å². The van der Waals surface area contributed by atoms with Gasteiger partial charge in [-0.15, -0.1) is 0 Å². The number of ether oxygens (including phenoxy) is 1. The van der Waals surface area contributed by atoms with E-state index in [1.807, 2.05) is 0 Å². The van der Waals surface area contributed by atoms with Gasteiger partial charge < -0.3 is 9.15 Å². The molecule has 0 fully saturated rings. The number of H-pyrrole nitrogens is 1. The van der Waals surface area contributed by atoms with Gasteiger partial charge >= 0.3 is 5.97 Å². The van der Waals surface area contributed by atoms with Gasteiger partial charge in [-0.25, -0.2) is 19.2 Å². The predicted molar refractivity (Wildman–Crippen MR) is 93.2 cm³/mol. The van der Waals surface area contributed by atoms with Crippen LogP contribution in [0.2, 0.25) is 0 Å². The third kappa shape index (κ3) is 2.77. The number of aromatic amines is 1. The fourth-order valence-corrected chi connectivity index (χ4v) is 3.00. The summed E-state index contributed by atoms with van der Waals surface area (Å²) in [5, 5.41) is 3.20. The molecule has 0 amide bonds. The largest absolute Gasteiger partial charge is 0.459 e. The zero-order chi connectivity index (χ0) is 19.1. The fourth-order valence-electron chi connectivity index (χ4n) is 3.00. The number of furan rings is 1. The second-order valence-electron chi connectivity index (χ2n) is 6.06. The summed E-state index contributed by atoms with van der Waals surface area (Å²) >= 11 is 0. The molecule has 0 aliphatic rings. The molecule has 1 N–H and O–H groups in total. The van der Waals surface area contributed by atoms with E-state index in [-0.39, 0.29) is 35.7 Å². The van der Waals surface area contributed by atoms with Crippen LogP contribution in [0.25, 0.3) is 16.7 Å². The molecule has 4 rings (SSSR count). The van der Waals surface area contributed by atoms with Crippen molar-refractivity contribution in [3.8, 4) is 0 Å². The molecule has 0 spiro atoms. The number of nitrogens with zero attached hydrogens (tertiary/aromatic N) is 3. The van der Waals surface area contributed by atoms with Crippen molar-refractivity contribution in [3.63, 3.8) is 0 Å². The number of para-hydroxylation sites is 1. The van der Waals surface area contributed by atoms with Crippen LogP contribution in [0.3, 0.4) is 0 Å². The van der Waals surface area contributed by atoms with Crippen molar-refractivity contribution in [1.29, 1.82) is 0 Å². The Balaban J connectivity index is 1.53. The van der Waals surface area contributed by atoms with E-state index in [2.05, 4.69) is 15.1 Å². The van der Waals surface area contributed by atoms with Gasteiger partial charge in [-0.05, 0) is 19.9 Å². The maximum Gasteiger partial charge on any atom is 0.374 e. The highest BCUT2D eigenvalue weighted by Crippen LogP contribution is 2.27. The maximum atomic E-state index is 13.8. The summed E-state index contributed by atoms with van der Waals surface area (Å²) in [6.45, 7) is 3.31. The van der Waals surface area contributed by atoms with Crippen molar-refractivity contribution in [3.05, 3.63) is 63.3 Å². The Hall–Kier alpha value is -3.49. The summed E-state index contributed by atoms with van der Waals surface area (Å²) in [7, 11) is 0. The van der Waals surface area contributed by atoms with E-state index in [0.29, 0.717) is 22.2 Å². The first-order valence-corrected chi connectivity index (χ1v) is 8.23. The lowest BCUT2D eigenvalue weighted by Crippen LogP contribution is -2.23. The SMILES string of the molecule is Cc1nc2nc[nH]n2c(=O)c1CCOC(=O)c1oc2c(F)cccc2c1C. The minimum absolute atomic E-state index is 0.0185. The number of esters is 1. The molecule has 3 aromatic heterocycles. The number of aryl methyl sites for hydroxylation is 2. The summed E-state index contributed by atoms with van der Waals surface area (Å²) in [4.78, 5) is 32.9. The van der Waals surface area contributed by atoms with Crippen molar-refractivity contribution < 1.29 is 18.3 Å². The van der Waals surface area contributed by atoms with Crippen molar-refractivity contribution in [2.45, 2.75) is 20.3 Å². The summed E-state index contributed by atoms with van der Waals surface area (Å²) in [6, 6.07) is 4.48. The first-order chi connectivity index (χ1) is 13.0. The molecule has 138 valence electrons. The van der Waals surface area contributed by atoms with Gasteiger partial charge in [-0.2, -0.15) is 4.52 Å². The molecular formula is C18H15FN4O4.